The first-order valence-corrected chi connectivity index (χ1v) is 15.8. The van der Waals surface area contributed by atoms with Gasteiger partial charge in [0.05, 0.1) is 16.7 Å². The summed E-state index contributed by atoms with van der Waals surface area (Å²) >= 11 is 0. The molecule has 0 N–H and O–H groups in total. The van der Waals surface area contributed by atoms with E-state index in [0.717, 1.165) is 27.6 Å². The maximum atomic E-state index is 6.86. The average molecular weight is 586 g/mol. The maximum Gasteiger partial charge on any atom is 0.160 e. The van der Waals surface area contributed by atoms with Crippen LogP contribution in [0.15, 0.2) is 168 Å². The summed E-state index contributed by atoms with van der Waals surface area (Å²) in [5.74, 6) is 0. The van der Waals surface area contributed by atoms with Gasteiger partial charge in [-0.2, -0.15) is 0 Å². The molecule has 2 heterocycles. The van der Waals surface area contributed by atoms with Crippen LogP contribution in [0, 0.1) is 0 Å². The van der Waals surface area contributed by atoms with Gasteiger partial charge in [0, 0.05) is 21.5 Å². The molecule has 0 amide bonds. The highest BCUT2D eigenvalue weighted by molar-refractivity contribution is 6.26. The number of benzene rings is 8. The second kappa shape index (κ2) is 9.69. The topological polar surface area (TPSA) is 18.1 Å². The molecule has 10 rings (SSSR count). The Hall–Kier alpha value is -6.12. The quantitative estimate of drug-likeness (QED) is 0.189. The van der Waals surface area contributed by atoms with Gasteiger partial charge >= 0.3 is 0 Å². The molecule has 10 aromatic rings. The molecule has 0 saturated carbocycles. The number of fused-ring (bicyclic) bond motifs is 8. The van der Waals surface area contributed by atoms with Crippen molar-refractivity contribution in [2.24, 2.45) is 0 Å². The van der Waals surface area contributed by atoms with E-state index in [4.69, 9.17) is 4.42 Å². The number of hydrogen-bond acceptors (Lipinski definition) is 1. The van der Waals surface area contributed by atoms with Gasteiger partial charge in [-0.15, -0.1) is 0 Å². The molecular formula is C44H27NO. The van der Waals surface area contributed by atoms with Crippen molar-refractivity contribution >= 4 is 65.3 Å². The Morgan fingerprint density at radius 3 is 1.46 bits per heavy atom. The third-order valence-electron chi connectivity index (χ3n) is 9.59. The fourth-order valence-electron chi connectivity index (χ4n) is 7.72. The molecule has 0 aliphatic heterocycles. The second-order valence-corrected chi connectivity index (χ2v) is 12.0. The number of rotatable bonds is 3. The minimum absolute atomic E-state index is 0.890. The lowest BCUT2D eigenvalue weighted by atomic mass is 9.85. The number of para-hydroxylation sites is 3. The van der Waals surface area contributed by atoms with E-state index in [2.05, 4.69) is 168 Å². The van der Waals surface area contributed by atoms with E-state index < -0.39 is 0 Å². The summed E-state index contributed by atoms with van der Waals surface area (Å²) in [5.41, 5.74) is 10.1. The van der Waals surface area contributed by atoms with Crippen LogP contribution in [0.1, 0.15) is 0 Å². The Morgan fingerprint density at radius 1 is 0.370 bits per heavy atom. The highest BCUT2D eigenvalue weighted by Crippen LogP contribution is 2.48. The van der Waals surface area contributed by atoms with Crippen LogP contribution >= 0.6 is 0 Å². The summed E-state index contributed by atoms with van der Waals surface area (Å²) in [6.07, 6.45) is 0. The monoisotopic (exact) mass is 585 g/mol. The summed E-state index contributed by atoms with van der Waals surface area (Å²) in [6.45, 7) is 0. The number of furan rings is 1. The first-order valence-electron chi connectivity index (χ1n) is 15.8. The molecule has 0 fully saturated rings. The van der Waals surface area contributed by atoms with Gasteiger partial charge in [0.25, 0.3) is 0 Å². The molecule has 0 atom stereocenters. The highest BCUT2D eigenvalue weighted by Gasteiger charge is 2.23. The SMILES string of the molecule is c1ccc(-c2c3ccccc3c(-c3ccc(-n4c5ccccc5c5ccccc54)c4oc5ccccc5c34)c3ccccc23)cc1. The van der Waals surface area contributed by atoms with Crippen LogP contribution in [-0.4, -0.2) is 4.57 Å². The van der Waals surface area contributed by atoms with Gasteiger partial charge in [0.15, 0.2) is 5.58 Å². The minimum Gasteiger partial charge on any atom is -0.454 e. The van der Waals surface area contributed by atoms with E-state index in [9.17, 15) is 0 Å². The molecule has 2 heteroatoms. The minimum atomic E-state index is 0.890. The Kier molecular flexibility index (Phi) is 5.31. The summed E-state index contributed by atoms with van der Waals surface area (Å²) in [6, 6.07) is 58.8. The molecule has 46 heavy (non-hydrogen) atoms. The van der Waals surface area contributed by atoms with Crippen molar-refractivity contribution in [2.75, 3.05) is 0 Å². The van der Waals surface area contributed by atoms with Crippen molar-refractivity contribution < 1.29 is 4.42 Å². The maximum absolute atomic E-state index is 6.86. The third-order valence-corrected chi connectivity index (χ3v) is 9.59. The molecule has 8 aromatic carbocycles. The van der Waals surface area contributed by atoms with E-state index in [-0.39, 0.29) is 0 Å². The summed E-state index contributed by atoms with van der Waals surface area (Å²) in [5, 5.41) is 9.69. The highest BCUT2D eigenvalue weighted by atomic mass is 16.3. The van der Waals surface area contributed by atoms with Crippen molar-refractivity contribution in [1.82, 2.24) is 4.57 Å². The van der Waals surface area contributed by atoms with E-state index in [1.807, 2.05) is 0 Å². The lowest BCUT2D eigenvalue weighted by Gasteiger charge is -2.19. The van der Waals surface area contributed by atoms with Gasteiger partial charge < -0.3 is 8.98 Å². The van der Waals surface area contributed by atoms with Crippen molar-refractivity contribution in [3.63, 3.8) is 0 Å². The number of aromatic nitrogens is 1. The van der Waals surface area contributed by atoms with Gasteiger partial charge in [-0.3, -0.25) is 0 Å². The lowest BCUT2D eigenvalue weighted by Crippen LogP contribution is -1.96. The largest absolute Gasteiger partial charge is 0.454 e. The standard InChI is InChI=1S/C44H27NO/c1-2-14-28(15-3-1)41-31-18-4-6-20-33(31)42(34-21-7-5-19-32(34)41)36-26-27-39(44-43(36)35-22-10-13-25-40(35)46-44)45-37-23-11-8-16-29(37)30-17-9-12-24-38(30)45/h1-27H. The Labute approximate surface area is 265 Å². The van der Waals surface area contributed by atoms with Crippen molar-refractivity contribution in [1.29, 1.82) is 0 Å². The van der Waals surface area contributed by atoms with Crippen LogP contribution in [0.3, 0.4) is 0 Å². The predicted octanol–water partition coefficient (Wildman–Crippen LogP) is 12.3. The fourth-order valence-corrected chi connectivity index (χ4v) is 7.72. The molecule has 2 nitrogen and oxygen atoms in total. The van der Waals surface area contributed by atoms with Crippen LogP contribution in [0.25, 0.3) is 93.2 Å². The van der Waals surface area contributed by atoms with Gasteiger partial charge in [0.1, 0.15) is 5.58 Å². The summed E-state index contributed by atoms with van der Waals surface area (Å²) in [4.78, 5) is 0. The lowest BCUT2D eigenvalue weighted by molar-refractivity contribution is 0.666. The average Bonchev–Trinajstić information content (AvgIpc) is 3.68. The van der Waals surface area contributed by atoms with Crippen molar-refractivity contribution in [3.8, 4) is 27.9 Å². The van der Waals surface area contributed by atoms with Crippen LogP contribution in [0.4, 0.5) is 0 Å². The number of nitrogens with zero attached hydrogens (tertiary/aromatic N) is 1. The first kappa shape index (κ1) is 25.2. The van der Waals surface area contributed by atoms with Crippen LogP contribution in [-0.2, 0) is 0 Å². The third kappa shape index (κ3) is 3.47. The smallest absolute Gasteiger partial charge is 0.160 e. The first-order chi connectivity index (χ1) is 22.9. The van der Waals surface area contributed by atoms with Crippen LogP contribution in [0.5, 0.6) is 0 Å². The molecule has 2 aromatic heterocycles. The summed E-state index contributed by atoms with van der Waals surface area (Å²) < 4.78 is 9.23. The van der Waals surface area contributed by atoms with Crippen LogP contribution < -0.4 is 0 Å². The molecule has 0 radical (unpaired) electrons. The van der Waals surface area contributed by atoms with E-state index in [1.54, 1.807) is 0 Å². The second-order valence-electron chi connectivity index (χ2n) is 12.0. The molecular weight excluding hydrogens is 558 g/mol. The normalized spacial score (nSPS) is 11.9. The van der Waals surface area contributed by atoms with E-state index in [0.29, 0.717) is 0 Å². The molecule has 0 spiro atoms. The van der Waals surface area contributed by atoms with Crippen LogP contribution in [0.2, 0.25) is 0 Å². The van der Waals surface area contributed by atoms with Crippen molar-refractivity contribution in [3.05, 3.63) is 164 Å². The molecule has 214 valence electrons. The molecule has 0 unspecified atom stereocenters. The zero-order chi connectivity index (χ0) is 30.2. The Morgan fingerprint density at radius 2 is 0.848 bits per heavy atom. The van der Waals surface area contributed by atoms with Gasteiger partial charge in [-0.25, -0.2) is 0 Å². The van der Waals surface area contributed by atoms with Gasteiger partial charge in [0.2, 0.25) is 0 Å². The molecule has 0 saturated heterocycles. The zero-order valence-electron chi connectivity index (χ0n) is 24.9. The zero-order valence-corrected chi connectivity index (χ0v) is 24.9. The fraction of sp³-hybridized carbons (Fsp3) is 0. The molecule has 0 bridgehead atoms. The van der Waals surface area contributed by atoms with E-state index >= 15 is 0 Å². The molecule has 0 aliphatic carbocycles. The summed E-state index contributed by atoms with van der Waals surface area (Å²) in [7, 11) is 0. The molecule has 0 aliphatic rings. The Balaban J connectivity index is 1.38. The number of hydrogen-bond donors (Lipinski definition) is 0. The van der Waals surface area contributed by atoms with Gasteiger partial charge in [-0.05, 0) is 68.1 Å². The van der Waals surface area contributed by atoms with E-state index in [1.165, 1.54) is 65.6 Å². The predicted molar refractivity (Wildman–Crippen MR) is 194 cm³/mol. The van der Waals surface area contributed by atoms with Crippen molar-refractivity contribution in [2.45, 2.75) is 0 Å². The van der Waals surface area contributed by atoms with Gasteiger partial charge in [-0.1, -0.05) is 140 Å². The Bertz CT molecular complexity index is 2690.